The zero-order valence-electron chi connectivity index (χ0n) is 15.1. The van der Waals surface area contributed by atoms with E-state index in [1.54, 1.807) is 4.52 Å². The number of pyridine rings is 1. The Hall–Kier alpha value is -3.27. The van der Waals surface area contributed by atoms with Crippen molar-refractivity contribution in [2.75, 3.05) is 48.5 Å². The molecule has 10 heteroatoms. The van der Waals surface area contributed by atoms with Crippen LogP contribution >= 0.6 is 0 Å². The van der Waals surface area contributed by atoms with Crippen LogP contribution in [0.5, 0.6) is 0 Å². The zero-order valence-corrected chi connectivity index (χ0v) is 15.1. The summed E-state index contributed by atoms with van der Waals surface area (Å²) < 4.78 is 7.28. The maximum atomic E-state index is 5.57. The average Bonchev–Trinajstić information content (AvgIpc) is 3.17. The van der Waals surface area contributed by atoms with Gasteiger partial charge in [-0.2, -0.15) is 10.1 Å². The molecule has 3 aromatic heterocycles. The van der Waals surface area contributed by atoms with Crippen molar-refractivity contribution < 1.29 is 4.74 Å². The molecule has 0 atom stereocenters. The highest BCUT2D eigenvalue weighted by Crippen LogP contribution is 2.35. The van der Waals surface area contributed by atoms with E-state index in [-0.39, 0.29) is 0 Å². The number of aliphatic imine (C=N–C) groups is 1. The van der Waals surface area contributed by atoms with Crippen molar-refractivity contribution in [3.8, 4) is 0 Å². The Morgan fingerprint density at radius 1 is 1.22 bits per heavy atom. The lowest BCUT2D eigenvalue weighted by Gasteiger charge is -2.22. The quantitative estimate of drug-likeness (QED) is 0.724. The zero-order chi connectivity index (χ0) is 18.4. The van der Waals surface area contributed by atoms with Gasteiger partial charge in [0.25, 0.3) is 0 Å². The second-order valence-electron chi connectivity index (χ2n) is 6.47. The summed E-state index contributed by atoms with van der Waals surface area (Å²) in [6.45, 7) is 4.64. The Bertz CT molecular complexity index is 1040. The molecule has 1 N–H and O–H groups in total. The molecular weight excluding hydrogens is 346 g/mol. The molecule has 0 aromatic carbocycles. The topological polar surface area (TPSA) is 96.1 Å². The van der Waals surface area contributed by atoms with E-state index in [9.17, 15) is 0 Å². The number of nitrogens with one attached hydrogen (secondary N) is 1. The first kappa shape index (κ1) is 15.9. The first-order valence-electron chi connectivity index (χ1n) is 8.78. The van der Waals surface area contributed by atoms with Crippen molar-refractivity contribution in [2.45, 2.75) is 6.92 Å². The van der Waals surface area contributed by atoms with Gasteiger partial charge >= 0.3 is 0 Å². The lowest BCUT2D eigenvalue weighted by molar-refractivity contribution is 0.147. The van der Waals surface area contributed by atoms with E-state index in [1.165, 1.54) is 6.33 Å². The van der Waals surface area contributed by atoms with Crippen LogP contribution in [0.4, 0.5) is 23.1 Å². The molecule has 0 aliphatic carbocycles. The van der Waals surface area contributed by atoms with Crippen molar-refractivity contribution in [3.63, 3.8) is 0 Å². The molecule has 0 unspecified atom stereocenters. The fraction of sp³-hybridized carbons (Fsp3) is 0.353. The molecule has 138 valence electrons. The van der Waals surface area contributed by atoms with Gasteiger partial charge in [-0.3, -0.25) is 4.90 Å². The van der Waals surface area contributed by atoms with E-state index >= 15 is 0 Å². The molecule has 0 radical (unpaired) electrons. The fourth-order valence-electron chi connectivity index (χ4n) is 3.32. The minimum Gasteiger partial charge on any atom is -0.378 e. The second-order valence-corrected chi connectivity index (χ2v) is 6.47. The van der Waals surface area contributed by atoms with E-state index in [0.29, 0.717) is 32.3 Å². The third-order valence-corrected chi connectivity index (χ3v) is 4.73. The molecule has 0 fully saturated rings. The van der Waals surface area contributed by atoms with Crippen LogP contribution in [0.2, 0.25) is 0 Å². The van der Waals surface area contributed by atoms with Gasteiger partial charge < -0.3 is 15.0 Å². The normalized spacial score (nSPS) is 18.5. The predicted octanol–water partition coefficient (Wildman–Crippen LogP) is 1.21. The van der Waals surface area contributed by atoms with Crippen LogP contribution < -0.4 is 15.1 Å². The van der Waals surface area contributed by atoms with Crippen molar-refractivity contribution >= 4 is 34.7 Å². The van der Waals surface area contributed by atoms with Crippen molar-refractivity contribution in [2.24, 2.45) is 4.99 Å². The standard InChI is InChI=1S/C17H19N9O/c1-11-7-14-20-10-21-26(14)9-12(11)22-16-19-8-13-15(23-16)25-4-6-27-5-3-18-17(25)24(13)2/h7-10H,3-6H2,1-2H3,(H,19,22,23)/b18-17-. The van der Waals surface area contributed by atoms with Gasteiger partial charge in [0.05, 0.1) is 44.4 Å². The highest BCUT2D eigenvalue weighted by atomic mass is 16.5. The first-order valence-corrected chi connectivity index (χ1v) is 8.78. The molecule has 0 bridgehead atoms. The number of anilines is 4. The number of hydrogen-bond donors (Lipinski definition) is 1. The summed E-state index contributed by atoms with van der Waals surface area (Å²) in [6, 6.07) is 1.97. The SMILES string of the molecule is Cc1cc2ncnn2cc1Nc1ncc2c(n1)N1CCOCC/N=C\1N2C. The van der Waals surface area contributed by atoms with E-state index in [2.05, 4.69) is 30.3 Å². The van der Waals surface area contributed by atoms with Crippen LogP contribution in [0, 0.1) is 6.92 Å². The molecule has 3 aromatic rings. The third-order valence-electron chi connectivity index (χ3n) is 4.73. The maximum Gasteiger partial charge on any atom is 0.229 e. The molecule has 0 saturated heterocycles. The number of ether oxygens (including phenoxy) is 1. The Morgan fingerprint density at radius 3 is 3.07 bits per heavy atom. The van der Waals surface area contributed by atoms with E-state index in [4.69, 9.17) is 9.72 Å². The molecular formula is C17H19N9O. The van der Waals surface area contributed by atoms with Crippen LogP contribution in [0.3, 0.4) is 0 Å². The lowest BCUT2D eigenvalue weighted by atomic mass is 10.2. The van der Waals surface area contributed by atoms with E-state index in [0.717, 1.165) is 34.4 Å². The van der Waals surface area contributed by atoms with Crippen molar-refractivity contribution in [1.82, 2.24) is 24.6 Å². The minimum absolute atomic E-state index is 0.522. The third kappa shape index (κ3) is 2.65. The van der Waals surface area contributed by atoms with Crippen LogP contribution in [-0.4, -0.2) is 63.9 Å². The van der Waals surface area contributed by atoms with Gasteiger partial charge in [-0.25, -0.2) is 19.5 Å². The highest BCUT2D eigenvalue weighted by Gasteiger charge is 2.33. The molecule has 0 amide bonds. The molecule has 10 nitrogen and oxygen atoms in total. The Kier molecular flexibility index (Phi) is 3.64. The summed E-state index contributed by atoms with van der Waals surface area (Å²) in [5.41, 5.74) is 3.66. The highest BCUT2D eigenvalue weighted by molar-refractivity contribution is 6.14. The van der Waals surface area contributed by atoms with E-state index in [1.807, 2.05) is 37.3 Å². The van der Waals surface area contributed by atoms with Gasteiger partial charge in [0, 0.05) is 7.05 Å². The minimum atomic E-state index is 0.522. The molecule has 5 heterocycles. The Balaban J connectivity index is 1.51. The number of nitrogens with zero attached hydrogens (tertiary/aromatic N) is 8. The van der Waals surface area contributed by atoms with Gasteiger partial charge in [-0.15, -0.1) is 0 Å². The molecule has 5 rings (SSSR count). The number of hydrogen-bond acceptors (Lipinski definition) is 9. The van der Waals surface area contributed by atoms with Gasteiger partial charge in [-0.1, -0.05) is 0 Å². The molecule has 27 heavy (non-hydrogen) atoms. The largest absolute Gasteiger partial charge is 0.378 e. The fourth-order valence-corrected chi connectivity index (χ4v) is 3.32. The summed E-state index contributed by atoms with van der Waals surface area (Å²) in [5, 5.41) is 7.48. The first-order chi connectivity index (χ1) is 13.2. The maximum absolute atomic E-state index is 5.57. The second kappa shape index (κ2) is 6.16. The van der Waals surface area contributed by atoms with Crippen molar-refractivity contribution in [1.29, 1.82) is 0 Å². The number of fused-ring (bicyclic) bond motifs is 4. The summed E-state index contributed by atoms with van der Waals surface area (Å²) in [7, 11) is 1.99. The molecule has 2 aliphatic rings. The van der Waals surface area contributed by atoms with Crippen LogP contribution in [0.25, 0.3) is 5.65 Å². The number of aromatic nitrogens is 5. The van der Waals surface area contributed by atoms with Gasteiger partial charge in [0.15, 0.2) is 11.5 Å². The van der Waals surface area contributed by atoms with Crippen LogP contribution in [0.15, 0.2) is 29.8 Å². The number of aryl methyl sites for hydroxylation is 1. The summed E-state index contributed by atoms with van der Waals surface area (Å²) in [6.07, 6.45) is 5.24. The number of guanidine groups is 1. The predicted molar refractivity (Wildman–Crippen MR) is 102 cm³/mol. The van der Waals surface area contributed by atoms with Crippen LogP contribution in [0.1, 0.15) is 5.56 Å². The summed E-state index contributed by atoms with van der Waals surface area (Å²) in [4.78, 5) is 22.2. The van der Waals surface area contributed by atoms with Gasteiger partial charge in [0.1, 0.15) is 12.0 Å². The monoisotopic (exact) mass is 365 g/mol. The lowest BCUT2D eigenvalue weighted by Crippen LogP contribution is -2.40. The van der Waals surface area contributed by atoms with E-state index < -0.39 is 0 Å². The number of rotatable bonds is 2. The van der Waals surface area contributed by atoms with Crippen LogP contribution in [-0.2, 0) is 4.74 Å². The molecule has 0 saturated carbocycles. The van der Waals surface area contributed by atoms with Crippen molar-refractivity contribution in [3.05, 3.63) is 30.4 Å². The van der Waals surface area contributed by atoms with Gasteiger partial charge in [-0.05, 0) is 18.6 Å². The smallest absolute Gasteiger partial charge is 0.229 e. The Labute approximate surface area is 155 Å². The summed E-state index contributed by atoms with van der Waals surface area (Å²) >= 11 is 0. The van der Waals surface area contributed by atoms with Gasteiger partial charge in [0.2, 0.25) is 11.9 Å². The summed E-state index contributed by atoms with van der Waals surface area (Å²) in [5.74, 6) is 2.24. The Morgan fingerprint density at radius 2 is 2.15 bits per heavy atom. The average molecular weight is 365 g/mol. The molecule has 2 aliphatic heterocycles. The molecule has 0 spiro atoms.